The van der Waals surface area contributed by atoms with Crippen LogP contribution in [0.15, 0.2) is 76.3 Å². The lowest BCUT2D eigenvalue weighted by Crippen LogP contribution is -2.17. The van der Waals surface area contributed by atoms with E-state index in [-0.39, 0.29) is 16.7 Å². The number of hydrazone groups is 1. The van der Waals surface area contributed by atoms with Gasteiger partial charge in [-0.2, -0.15) is 5.10 Å². The predicted molar refractivity (Wildman–Crippen MR) is 119 cm³/mol. The van der Waals surface area contributed by atoms with E-state index in [1.165, 1.54) is 6.21 Å². The van der Waals surface area contributed by atoms with Crippen molar-refractivity contribution >= 4 is 45.6 Å². The lowest BCUT2D eigenvalue weighted by atomic mass is 10.2. The Morgan fingerprint density at radius 1 is 1.03 bits per heavy atom. The summed E-state index contributed by atoms with van der Waals surface area (Å²) in [5.41, 5.74) is 3.91. The Hall–Kier alpha value is -3.16. The summed E-state index contributed by atoms with van der Waals surface area (Å²) in [6.45, 7) is 0. The van der Waals surface area contributed by atoms with Crippen molar-refractivity contribution in [3.05, 3.63) is 92.9 Å². The molecule has 0 saturated carbocycles. The SMILES string of the molecule is COc1ccc(C(=O)Oc2ccc(/C=N\NC(=O)c3cccc(Br)c3)cc2Cl)cc1. The molecule has 0 aliphatic carbocycles. The largest absolute Gasteiger partial charge is 0.497 e. The molecule has 1 amide bonds. The number of rotatable bonds is 6. The number of benzene rings is 3. The molecule has 0 aliphatic heterocycles. The Morgan fingerprint density at radius 2 is 1.80 bits per heavy atom. The first kappa shape index (κ1) is 21.5. The van der Waals surface area contributed by atoms with Gasteiger partial charge in [-0.3, -0.25) is 4.79 Å². The van der Waals surface area contributed by atoms with Crippen molar-refractivity contribution in [3.63, 3.8) is 0 Å². The monoisotopic (exact) mass is 486 g/mol. The van der Waals surface area contributed by atoms with Gasteiger partial charge in [0.2, 0.25) is 0 Å². The molecule has 0 heterocycles. The second kappa shape index (κ2) is 10.0. The molecular weight excluding hydrogens is 472 g/mol. The first-order valence-electron chi connectivity index (χ1n) is 8.71. The Morgan fingerprint density at radius 3 is 2.47 bits per heavy atom. The van der Waals surface area contributed by atoms with Crippen LogP contribution < -0.4 is 14.9 Å². The van der Waals surface area contributed by atoms with Crippen molar-refractivity contribution in [2.45, 2.75) is 0 Å². The highest BCUT2D eigenvalue weighted by Crippen LogP contribution is 2.26. The highest BCUT2D eigenvalue weighted by atomic mass is 79.9. The van der Waals surface area contributed by atoms with Crippen molar-refractivity contribution in [2.75, 3.05) is 7.11 Å². The zero-order valence-corrected chi connectivity index (χ0v) is 18.1. The normalized spacial score (nSPS) is 10.6. The summed E-state index contributed by atoms with van der Waals surface area (Å²) in [6, 6.07) is 18.3. The zero-order valence-electron chi connectivity index (χ0n) is 15.8. The summed E-state index contributed by atoms with van der Waals surface area (Å²) >= 11 is 9.53. The van der Waals surface area contributed by atoms with Crippen LogP contribution in [0.25, 0.3) is 0 Å². The second-order valence-corrected chi connectivity index (χ2v) is 7.34. The van der Waals surface area contributed by atoms with E-state index in [0.29, 0.717) is 22.4 Å². The van der Waals surface area contributed by atoms with E-state index in [0.717, 1.165) is 4.47 Å². The predicted octanol–water partition coefficient (Wildman–Crippen LogP) is 5.09. The number of hydrogen-bond acceptors (Lipinski definition) is 5. The fraction of sp³-hybridized carbons (Fsp3) is 0.0455. The van der Waals surface area contributed by atoms with Crippen LogP contribution >= 0.6 is 27.5 Å². The Labute approximate surface area is 186 Å². The van der Waals surface area contributed by atoms with E-state index in [9.17, 15) is 9.59 Å². The van der Waals surface area contributed by atoms with Gasteiger partial charge >= 0.3 is 5.97 Å². The number of carbonyl (C=O) groups is 2. The molecule has 0 radical (unpaired) electrons. The molecule has 3 rings (SSSR count). The third-order valence-corrected chi connectivity index (χ3v) is 4.74. The van der Waals surface area contributed by atoms with Gasteiger partial charge in [-0.15, -0.1) is 0 Å². The smallest absolute Gasteiger partial charge is 0.343 e. The van der Waals surface area contributed by atoms with E-state index in [2.05, 4.69) is 26.5 Å². The Kier molecular flexibility index (Phi) is 7.21. The van der Waals surface area contributed by atoms with Gasteiger partial charge in [0.1, 0.15) is 11.5 Å². The second-order valence-electron chi connectivity index (χ2n) is 6.02. The molecule has 0 atom stereocenters. The molecule has 0 bridgehead atoms. The van der Waals surface area contributed by atoms with Gasteiger partial charge in [0.05, 0.1) is 23.9 Å². The van der Waals surface area contributed by atoms with Gasteiger partial charge in [-0.25, -0.2) is 10.2 Å². The van der Waals surface area contributed by atoms with Gasteiger partial charge in [0.15, 0.2) is 0 Å². The van der Waals surface area contributed by atoms with E-state index >= 15 is 0 Å². The van der Waals surface area contributed by atoms with Gasteiger partial charge in [0.25, 0.3) is 5.91 Å². The van der Waals surface area contributed by atoms with Crippen LogP contribution in [-0.2, 0) is 0 Å². The number of amides is 1. The van der Waals surface area contributed by atoms with E-state index in [1.807, 2.05) is 6.07 Å². The van der Waals surface area contributed by atoms with Crippen LogP contribution in [0.4, 0.5) is 0 Å². The average molecular weight is 488 g/mol. The summed E-state index contributed by atoms with van der Waals surface area (Å²) in [4.78, 5) is 24.3. The maximum absolute atomic E-state index is 12.3. The number of nitrogens with zero attached hydrogens (tertiary/aromatic N) is 1. The summed E-state index contributed by atoms with van der Waals surface area (Å²) in [7, 11) is 1.55. The Bertz CT molecular complexity index is 1100. The number of methoxy groups -OCH3 is 1. The highest BCUT2D eigenvalue weighted by Gasteiger charge is 2.12. The van der Waals surface area contributed by atoms with Gasteiger partial charge in [-0.05, 0) is 66.2 Å². The zero-order chi connectivity index (χ0) is 21.5. The molecular formula is C22H16BrClN2O4. The van der Waals surface area contributed by atoms with E-state index < -0.39 is 5.97 Å². The van der Waals surface area contributed by atoms with Gasteiger partial charge < -0.3 is 9.47 Å². The topological polar surface area (TPSA) is 77.0 Å². The molecule has 0 aliphatic rings. The fourth-order valence-corrected chi connectivity index (χ4v) is 3.05. The van der Waals surface area contributed by atoms with Crippen LogP contribution in [0, 0.1) is 0 Å². The summed E-state index contributed by atoms with van der Waals surface area (Å²) in [5.74, 6) is -0.0287. The standard InChI is InChI=1S/C22H16BrClN2O4/c1-29-18-8-6-15(7-9-18)22(28)30-20-10-5-14(11-19(20)24)13-25-26-21(27)16-3-2-4-17(23)12-16/h2-13H,1H3,(H,26,27)/b25-13-. The first-order chi connectivity index (χ1) is 14.5. The molecule has 6 nitrogen and oxygen atoms in total. The van der Waals surface area contributed by atoms with Crippen LogP contribution in [0.1, 0.15) is 26.3 Å². The minimum absolute atomic E-state index is 0.216. The van der Waals surface area contributed by atoms with Crippen molar-refractivity contribution in [1.82, 2.24) is 5.43 Å². The molecule has 0 fully saturated rings. The van der Waals surface area contributed by atoms with Crippen LogP contribution in [0.5, 0.6) is 11.5 Å². The van der Waals surface area contributed by atoms with Crippen molar-refractivity contribution < 1.29 is 19.1 Å². The average Bonchev–Trinajstić information content (AvgIpc) is 2.75. The molecule has 0 unspecified atom stereocenters. The minimum Gasteiger partial charge on any atom is -0.497 e. The number of hydrogen-bond donors (Lipinski definition) is 1. The van der Waals surface area contributed by atoms with Crippen LogP contribution in [0.2, 0.25) is 5.02 Å². The van der Waals surface area contributed by atoms with Crippen molar-refractivity contribution in [2.24, 2.45) is 5.10 Å². The molecule has 0 aromatic heterocycles. The third-order valence-electron chi connectivity index (χ3n) is 3.95. The maximum Gasteiger partial charge on any atom is 0.343 e. The number of carbonyl (C=O) groups excluding carboxylic acids is 2. The molecule has 30 heavy (non-hydrogen) atoms. The number of nitrogens with one attached hydrogen (secondary N) is 1. The maximum atomic E-state index is 12.3. The molecule has 0 spiro atoms. The molecule has 8 heteroatoms. The summed E-state index contributed by atoms with van der Waals surface area (Å²) in [5, 5.41) is 4.16. The van der Waals surface area contributed by atoms with Gasteiger partial charge in [0, 0.05) is 10.0 Å². The quantitative estimate of drug-likeness (QED) is 0.227. The number of esters is 1. The van der Waals surface area contributed by atoms with Crippen molar-refractivity contribution in [1.29, 1.82) is 0 Å². The van der Waals surface area contributed by atoms with Crippen molar-refractivity contribution in [3.8, 4) is 11.5 Å². The number of ether oxygens (including phenoxy) is 2. The lowest BCUT2D eigenvalue weighted by molar-refractivity contribution is 0.0734. The van der Waals surface area contributed by atoms with E-state index in [4.69, 9.17) is 21.1 Å². The lowest BCUT2D eigenvalue weighted by Gasteiger charge is -2.07. The summed E-state index contributed by atoms with van der Waals surface area (Å²) < 4.78 is 11.2. The molecule has 152 valence electrons. The molecule has 0 saturated heterocycles. The third kappa shape index (κ3) is 5.68. The molecule has 3 aromatic rings. The van der Waals surface area contributed by atoms with Crippen LogP contribution in [0.3, 0.4) is 0 Å². The molecule has 3 aromatic carbocycles. The fourth-order valence-electron chi connectivity index (χ4n) is 2.43. The molecule has 1 N–H and O–H groups in total. The Balaban J connectivity index is 1.62. The first-order valence-corrected chi connectivity index (χ1v) is 9.88. The van der Waals surface area contributed by atoms with E-state index in [1.54, 1.807) is 67.8 Å². The van der Waals surface area contributed by atoms with Gasteiger partial charge in [-0.1, -0.05) is 33.6 Å². The number of halogens is 2. The van der Waals surface area contributed by atoms with Crippen LogP contribution in [-0.4, -0.2) is 25.2 Å². The summed E-state index contributed by atoms with van der Waals surface area (Å²) in [6.07, 6.45) is 1.44. The minimum atomic E-state index is -0.540. The highest BCUT2D eigenvalue weighted by molar-refractivity contribution is 9.10.